The van der Waals surface area contributed by atoms with Crippen LogP contribution in [0.4, 0.5) is 0 Å². The topological polar surface area (TPSA) is 63.0 Å². The van der Waals surface area contributed by atoms with Crippen LogP contribution < -0.4 is 5.73 Å². The zero-order valence-electron chi connectivity index (χ0n) is 10.2. The molecule has 0 aliphatic rings. The Morgan fingerprint density at radius 3 is 2.75 bits per heavy atom. The van der Waals surface area contributed by atoms with Gasteiger partial charge in [-0.15, -0.1) is 11.8 Å². The van der Waals surface area contributed by atoms with E-state index in [4.69, 9.17) is 15.6 Å². The van der Waals surface area contributed by atoms with Gasteiger partial charge in [0.1, 0.15) is 5.76 Å². The third-order valence-electron chi connectivity index (χ3n) is 2.74. The van der Waals surface area contributed by atoms with Gasteiger partial charge in [-0.1, -0.05) is 13.8 Å². The molecular formula is C12H20N2OS. The van der Waals surface area contributed by atoms with Gasteiger partial charge in [0.25, 0.3) is 0 Å². The van der Waals surface area contributed by atoms with Gasteiger partial charge in [0, 0.05) is 10.3 Å². The monoisotopic (exact) mass is 240 g/mol. The highest BCUT2D eigenvalue weighted by Gasteiger charge is 2.20. The number of nitrogens with two attached hydrogens (primary N) is 1. The quantitative estimate of drug-likeness (QED) is 0.346. The Hall–Kier alpha value is -0.900. The van der Waals surface area contributed by atoms with E-state index in [9.17, 15) is 0 Å². The third-order valence-corrected chi connectivity index (χ3v) is 3.97. The van der Waals surface area contributed by atoms with E-state index in [1.807, 2.05) is 26.8 Å². The lowest BCUT2D eigenvalue weighted by molar-refractivity contribution is 0.464. The zero-order chi connectivity index (χ0) is 12.2. The standard InChI is InChI=1S/C12H20N2OS/c1-9-10(5-7-15-9)16-8-4-6-12(2,3)11(13)14/h5,7H,4,6,8H2,1-3H3,(H3,13,14). The van der Waals surface area contributed by atoms with Crippen LogP contribution in [-0.4, -0.2) is 11.6 Å². The summed E-state index contributed by atoms with van der Waals surface area (Å²) in [5.41, 5.74) is 5.36. The fourth-order valence-corrected chi connectivity index (χ4v) is 2.27. The molecule has 1 rings (SSSR count). The van der Waals surface area contributed by atoms with E-state index in [-0.39, 0.29) is 11.3 Å². The maximum atomic E-state index is 7.46. The highest BCUT2D eigenvalue weighted by Crippen LogP contribution is 2.27. The van der Waals surface area contributed by atoms with Crippen LogP contribution in [0.3, 0.4) is 0 Å². The summed E-state index contributed by atoms with van der Waals surface area (Å²) in [4.78, 5) is 1.21. The van der Waals surface area contributed by atoms with Crippen molar-refractivity contribution in [3.05, 3.63) is 18.1 Å². The van der Waals surface area contributed by atoms with E-state index in [0.717, 1.165) is 24.4 Å². The SMILES string of the molecule is Cc1occc1SCCCC(C)(C)C(=N)N. The van der Waals surface area contributed by atoms with Crippen molar-refractivity contribution < 1.29 is 4.42 Å². The normalized spacial score (nSPS) is 11.7. The lowest BCUT2D eigenvalue weighted by Crippen LogP contribution is -2.30. The molecule has 0 amide bonds. The highest BCUT2D eigenvalue weighted by molar-refractivity contribution is 7.99. The lowest BCUT2D eigenvalue weighted by atomic mass is 9.87. The summed E-state index contributed by atoms with van der Waals surface area (Å²) >= 11 is 1.80. The van der Waals surface area contributed by atoms with Crippen LogP contribution in [0.15, 0.2) is 21.6 Å². The summed E-state index contributed by atoms with van der Waals surface area (Å²) in [6.45, 7) is 6.01. The van der Waals surface area contributed by atoms with Crippen molar-refractivity contribution >= 4 is 17.6 Å². The second-order valence-corrected chi connectivity index (χ2v) is 5.73. The number of nitrogens with one attached hydrogen (secondary N) is 1. The maximum absolute atomic E-state index is 7.46. The summed E-state index contributed by atoms with van der Waals surface area (Å²) < 4.78 is 5.23. The lowest BCUT2D eigenvalue weighted by Gasteiger charge is -2.22. The van der Waals surface area contributed by atoms with Crippen LogP contribution in [0.1, 0.15) is 32.4 Å². The molecule has 0 radical (unpaired) electrons. The average Bonchev–Trinajstić information content (AvgIpc) is 2.59. The molecule has 0 bridgehead atoms. The first-order chi connectivity index (χ1) is 7.43. The minimum absolute atomic E-state index is 0.175. The second kappa shape index (κ2) is 5.43. The van der Waals surface area contributed by atoms with Gasteiger partial charge in [0.05, 0.1) is 12.1 Å². The van der Waals surface area contributed by atoms with Crippen LogP contribution in [-0.2, 0) is 0 Å². The van der Waals surface area contributed by atoms with Crippen molar-refractivity contribution in [1.82, 2.24) is 0 Å². The van der Waals surface area contributed by atoms with Gasteiger partial charge in [-0.25, -0.2) is 0 Å². The molecule has 0 aliphatic heterocycles. The first-order valence-electron chi connectivity index (χ1n) is 5.45. The van der Waals surface area contributed by atoms with Crippen molar-refractivity contribution in [2.24, 2.45) is 11.1 Å². The third kappa shape index (κ3) is 3.59. The van der Waals surface area contributed by atoms with E-state index in [2.05, 4.69) is 0 Å². The van der Waals surface area contributed by atoms with Crippen molar-refractivity contribution in [2.75, 3.05) is 5.75 Å². The molecule has 0 aromatic carbocycles. The van der Waals surface area contributed by atoms with Gasteiger partial charge in [0.2, 0.25) is 0 Å². The van der Waals surface area contributed by atoms with E-state index >= 15 is 0 Å². The van der Waals surface area contributed by atoms with Crippen molar-refractivity contribution in [3.8, 4) is 0 Å². The maximum Gasteiger partial charge on any atom is 0.114 e. The zero-order valence-corrected chi connectivity index (χ0v) is 11.0. The fraction of sp³-hybridized carbons (Fsp3) is 0.583. The molecule has 0 saturated carbocycles. The molecule has 0 spiro atoms. The Balaban J connectivity index is 2.27. The molecule has 1 heterocycles. The van der Waals surface area contributed by atoms with Gasteiger partial charge in [-0.2, -0.15) is 0 Å². The predicted octanol–water partition coefficient (Wildman–Crippen LogP) is 3.42. The molecule has 0 saturated heterocycles. The number of thioether (sulfide) groups is 1. The first kappa shape index (κ1) is 13.2. The molecule has 0 atom stereocenters. The van der Waals surface area contributed by atoms with E-state index in [1.54, 1.807) is 18.0 Å². The Morgan fingerprint density at radius 1 is 1.56 bits per heavy atom. The Bertz CT molecular complexity index is 358. The largest absolute Gasteiger partial charge is 0.468 e. The van der Waals surface area contributed by atoms with E-state index in [0.29, 0.717) is 0 Å². The van der Waals surface area contributed by atoms with Crippen LogP contribution in [0.25, 0.3) is 0 Å². The molecule has 4 heteroatoms. The molecule has 90 valence electrons. The summed E-state index contributed by atoms with van der Waals surface area (Å²) in [5, 5.41) is 7.46. The number of aryl methyl sites for hydroxylation is 1. The van der Waals surface area contributed by atoms with Crippen LogP contribution in [0.5, 0.6) is 0 Å². The molecule has 1 aromatic rings. The molecule has 3 nitrogen and oxygen atoms in total. The van der Waals surface area contributed by atoms with Gasteiger partial charge in [0.15, 0.2) is 0 Å². The smallest absolute Gasteiger partial charge is 0.114 e. The van der Waals surface area contributed by atoms with Gasteiger partial charge in [-0.3, -0.25) is 5.41 Å². The Kier molecular flexibility index (Phi) is 4.47. The summed E-state index contributed by atoms with van der Waals surface area (Å²) in [7, 11) is 0. The minimum Gasteiger partial charge on any atom is -0.468 e. The highest BCUT2D eigenvalue weighted by atomic mass is 32.2. The van der Waals surface area contributed by atoms with Gasteiger partial charge in [-0.05, 0) is 31.6 Å². The molecule has 0 fully saturated rings. The van der Waals surface area contributed by atoms with Crippen LogP contribution in [0.2, 0.25) is 0 Å². The number of hydrogen-bond acceptors (Lipinski definition) is 3. The number of amidine groups is 1. The van der Waals surface area contributed by atoms with Crippen LogP contribution >= 0.6 is 11.8 Å². The molecule has 1 aromatic heterocycles. The van der Waals surface area contributed by atoms with E-state index in [1.165, 1.54) is 4.90 Å². The fourth-order valence-electron chi connectivity index (χ4n) is 1.35. The predicted molar refractivity (Wildman–Crippen MR) is 69.1 cm³/mol. The molecule has 0 unspecified atom stereocenters. The summed E-state index contributed by atoms with van der Waals surface area (Å²) in [6, 6.07) is 2.00. The van der Waals surface area contributed by atoms with E-state index < -0.39 is 0 Å². The molecule has 0 aliphatic carbocycles. The Labute approximate surface area is 101 Å². The Morgan fingerprint density at radius 2 is 2.25 bits per heavy atom. The molecular weight excluding hydrogens is 220 g/mol. The molecule has 3 N–H and O–H groups in total. The van der Waals surface area contributed by atoms with Gasteiger partial charge < -0.3 is 10.2 Å². The average molecular weight is 240 g/mol. The first-order valence-corrected chi connectivity index (χ1v) is 6.43. The summed E-state index contributed by atoms with van der Waals surface area (Å²) in [5.74, 6) is 2.30. The number of furan rings is 1. The summed E-state index contributed by atoms with van der Waals surface area (Å²) in [6.07, 6.45) is 3.73. The van der Waals surface area contributed by atoms with Crippen molar-refractivity contribution in [1.29, 1.82) is 5.41 Å². The second-order valence-electron chi connectivity index (χ2n) is 4.59. The number of rotatable bonds is 6. The van der Waals surface area contributed by atoms with Crippen molar-refractivity contribution in [2.45, 2.75) is 38.5 Å². The van der Waals surface area contributed by atoms with Crippen LogP contribution in [0, 0.1) is 17.7 Å². The minimum atomic E-state index is -0.175. The number of hydrogen-bond donors (Lipinski definition) is 2. The van der Waals surface area contributed by atoms with Crippen molar-refractivity contribution in [3.63, 3.8) is 0 Å². The van der Waals surface area contributed by atoms with Gasteiger partial charge >= 0.3 is 0 Å². The molecule has 16 heavy (non-hydrogen) atoms.